The molecule has 0 unspecified atom stereocenters. The van der Waals surface area contributed by atoms with Crippen LogP contribution in [0, 0.1) is 20.8 Å². The van der Waals surface area contributed by atoms with Gasteiger partial charge in [-0.05, 0) is 55.7 Å². The Morgan fingerprint density at radius 1 is 1.04 bits per heavy atom. The van der Waals surface area contributed by atoms with E-state index in [2.05, 4.69) is 5.32 Å². The van der Waals surface area contributed by atoms with Crippen LogP contribution in [-0.2, 0) is 0 Å². The highest BCUT2D eigenvalue weighted by atomic mass is 35.5. The lowest BCUT2D eigenvalue weighted by atomic mass is 10.1. The lowest BCUT2D eigenvalue weighted by Gasteiger charge is -2.09. The van der Waals surface area contributed by atoms with Crippen LogP contribution in [0.15, 0.2) is 45.6 Å². The first kappa shape index (κ1) is 16.3. The highest BCUT2D eigenvalue weighted by Crippen LogP contribution is 2.22. The van der Waals surface area contributed by atoms with Crippen LogP contribution >= 0.6 is 11.6 Å². The molecule has 0 saturated heterocycles. The first-order valence-corrected chi connectivity index (χ1v) is 7.86. The maximum Gasteiger partial charge on any atom is 0.291 e. The van der Waals surface area contributed by atoms with Gasteiger partial charge in [0, 0.05) is 16.8 Å². The van der Waals surface area contributed by atoms with E-state index >= 15 is 0 Å². The molecule has 4 nitrogen and oxygen atoms in total. The standard InChI is InChI=1S/C19H16ClNO3/c1-10-5-7-14-16(22)9-17(24-18(14)12(10)3)19(23)21-13-6-4-11(2)15(20)8-13/h4-9H,1-3H3,(H,21,23). The third-order valence-corrected chi connectivity index (χ3v) is 4.48. The Hall–Kier alpha value is -2.59. The number of amides is 1. The van der Waals surface area contributed by atoms with E-state index in [1.54, 1.807) is 18.2 Å². The minimum atomic E-state index is -0.491. The summed E-state index contributed by atoms with van der Waals surface area (Å²) in [4.78, 5) is 24.7. The largest absolute Gasteiger partial charge is 0.450 e. The minimum absolute atomic E-state index is 0.0297. The number of aryl methyl sites for hydroxylation is 3. The Bertz CT molecular complexity index is 1020. The minimum Gasteiger partial charge on any atom is -0.450 e. The van der Waals surface area contributed by atoms with Gasteiger partial charge in [-0.25, -0.2) is 0 Å². The number of nitrogens with one attached hydrogen (secondary N) is 1. The normalized spacial score (nSPS) is 10.8. The molecule has 2 aromatic carbocycles. The summed E-state index contributed by atoms with van der Waals surface area (Å²) in [7, 11) is 0. The molecule has 0 saturated carbocycles. The predicted octanol–water partition coefficient (Wildman–Crippen LogP) is 4.62. The summed E-state index contributed by atoms with van der Waals surface area (Å²) in [5.74, 6) is -0.521. The molecule has 1 N–H and O–H groups in total. The third kappa shape index (κ3) is 2.93. The highest BCUT2D eigenvalue weighted by molar-refractivity contribution is 6.31. The van der Waals surface area contributed by atoms with E-state index < -0.39 is 5.91 Å². The summed E-state index contributed by atoms with van der Waals surface area (Å²) in [6, 6.07) is 9.99. The average molecular weight is 342 g/mol. The Morgan fingerprint density at radius 2 is 1.75 bits per heavy atom. The maximum absolute atomic E-state index is 12.4. The number of anilines is 1. The topological polar surface area (TPSA) is 59.3 Å². The van der Waals surface area contributed by atoms with Crippen molar-refractivity contribution in [2.24, 2.45) is 0 Å². The van der Waals surface area contributed by atoms with Crippen LogP contribution in [0.5, 0.6) is 0 Å². The van der Waals surface area contributed by atoms with Crippen molar-refractivity contribution >= 4 is 34.2 Å². The van der Waals surface area contributed by atoms with Gasteiger partial charge in [-0.2, -0.15) is 0 Å². The van der Waals surface area contributed by atoms with Gasteiger partial charge in [-0.1, -0.05) is 23.7 Å². The van der Waals surface area contributed by atoms with Crippen molar-refractivity contribution < 1.29 is 9.21 Å². The van der Waals surface area contributed by atoms with E-state index in [0.29, 0.717) is 21.7 Å². The molecule has 0 radical (unpaired) electrons. The van der Waals surface area contributed by atoms with Gasteiger partial charge in [0.1, 0.15) is 5.58 Å². The van der Waals surface area contributed by atoms with E-state index in [4.69, 9.17) is 16.0 Å². The van der Waals surface area contributed by atoms with Gasteiger partial charge in [0.2, 0.25) is 0 Å². The molecule has 1 heterocycles. The zero-order chi connectivity index (χ0) is 17.4. The molecule has 5 heteroatoms. The summed E-state index contributed by atoms with van der Waals surface area (Å²) in [5, 5.41) is 3.72. The van der Waals surface area contributed by atoms with E-state index in [-0.39, 0.29) is 11.2 Å². The molecule has 3 rings (SSSR count). The lowest BCUT2D eigenvalue weighted by Crippen LogP contribution is -2.15. The summed E-state index contributed by atoms with van der Waals surface area (Å²) in [6.45, 7) is 5.67. The first-order valence-electron chi connectivity index (χ1n) is 7.48. The van der Waals surface area contributed by atoms with Crippen molar-refractivity contribution in [3.8, 4) is 0 Å². The monoisotopic (exact) mass is 341 g/mol. The maximum atomic E-state index is 12.4. The fraction of sp³-hybridized carbons (Fsp3) is 0.158. The van der Waals surface area contributed by atoms with Gasteiger partial charge in [0.15, 0.2) is 11.2 Å². The van der Waals surface area contributed by atoms with E-state index in [1.807, 2.05) is 32.9 Å². The van der Waals surface area contributed by atoms with Crippen molar-refractivity contribution in [1.29, 1.82) is 0 Å². The van der Waals surface area contributed by atoms with Gasteiger partial charge in [-0.15, -0.1) is 0 Å². The van der Waals surface area contributed by atoms with Gasteiger partial charge < -0.3 is 9.73 Å². The van der Waals surface area contributed by atoms with E-state index in [0.717, 1.165) is 16.7 Å². The lowest BCUT2D eigenvalue weighted by molar-refractivity contribution is 0.0997. The van der Waals surface area contributed by atoms with E-state index in [1.165, 1.54) is 6.07 Å². The first-order chi connectivity index (χ1) is 11.4. The molecule has 0 fully saturated rings. The predicted molar refractivity (Wildman–Crippen MR) is 96.1 cm³/mol. The SMILES string of the molecule is Cc1ccc(NC(=O)c2cc(=O)c3ccc(C)c(C)c3o2)cc1Cl. The summed E-state index contributed by atoms with van der Waals surface area (Å²) < 4.78 is 5.70. The molecule has 0 aliphatic heterocycles. The fourth-order valence-corrected chi connectivity index (χ4v) is 2.61. The molecule has 0 spiro atoms. The number of halogens is 1. The van der Waals surface area contributed by atoms with Crippen LogP contribution in [0.25, 0.3) is 11.0 Å². The van der Waals surface area contributed by atoms with Gasteiger partial charge in [0.05, 0.1) is 5.39 Å². The Labute approximate surface area is 144 Å². The molecule has 122 valence electrons. The van der Waals surface area contributed by atoms with Crippen molar-refractivity contribution in [2.45, 2.75) is 20.8 Å². The summed E-state index contributed by atoms with van der Waals surface area (Å²) in [5.41, 5.74) is 3.49. The number of benzene rings is 2. The number of fused-ring (bicyclic) bond motifs is 1. The van der Waals surface area contributed by atoms with Crippen molar-refractivity contribution in [2.75, 3.05) is 5.32 Å². The van der Waals surface area contributed by atoms with E-state index in [9.17, 15) is 9.59 Å². The van der Waals surface area contributed by atoms with Crippen LogP contribution in [0.4, 0.5) is 5.69 Å². The van der Waals surface area contributed by atoms with Crippen LogP contribution < -0.4 is 10.7 Å². The number of carbonyl (C=O) groups is 1. The molecule has 24 heavy (non-hydrogen) atoms. The number of hydrogen-bond donors (Lipinski definition) is 1. The smallest absolute Gasteiger partial charge is 0.291 e. The van der Waals surface area contributed by atoms with Gasteiger partial charge >= 0.3 is 0 Å². The molecule has 3 aromatic rings. The summed E-state index contributed by atoms with van der Waals surface area (Å²) >= 11 is 6.06. The average Bonchev–Trinajstić information content (AvgIpc) is 2.54. The zero-order valence-corrected chi connectivity index (χ0v) is 14.3. The quantitative estimate of drug-likeness (QED) is 0.739. The van der Waals surface area contributed by atoms with Crippen molar-refractivity contribution in [1.82, 2.24) is 0 Å². The highest BCUT2D eigenvalue weighted by Gasteiger charge is 2.15. The molecule has 0 aliphatic rings. The molecule has 0 atom stereocenters. The Kier molecular flexibility index (Phi) is 4.16. The van der Waals surface area contributed by atoms with Gasteiger partial charge in [-0.3, -0.25) is 9.59 Å². The molecule has 1 amide bonds. The van der Waals surface area contributed by atoms with Crippen LogP contribution in [0.2, 0.25) is 5.02 Å². The van der Waals surface area contributed by atoms with Crippen LogP contribution in [0.1, 0.15) is 27.2 Å². The van der Waals surface area contributed by atoms with Crippen LogP contribution in [0.3, 0.4) is 0 Å². The second kappa shape index (κ2) is 6.13. The Morgan fingerprint density at radius 3 is 2.46 bits per heavy atom. The molecule has 0 aliphatic carbocycles. The second-order valence-corrected chi connectivity index (χ2v) is 6.18. The molecular weight excluding hydrogens is 326 g/mol. The molecule has 1 aromatic heterocycles. The number of hydrogen-bond acceptors (Lipinski definition) is 3. The Balaban J connectivity index is 2.02. The van der Waals surface area contributed by atoms with Crippen molar-refractivity contribution in [3.63, 3.8) is 0 Å². The zero-order valence-electron chi connectivity index (χ0n) is 13.6. The molecular formula is C19H16ClNO3. The second-order valence-electron chi connectivity index (χ2n) is 5.78. The van der Waals surface area contributed by atoms with Gasteiger partial charge in [0.25, 0.3) is 5.91 Å². The third-order valence-electron chi connectivity index (χ3n) is 4.07. The molecule has 0 bridgehead atoms. The van der Waals surface area contributed by atoms with Crippen LogP contribution in [-0.4, -0.2) is 5.91 Å². The summed E-state index contributed by atoms with van der Waals surface area (Å²) in [6.07, 6.45) is 0. The fourth-order valence-electron chi connectivity index (χ4n) is 2.43. The number of rotatable bonds is 2. The number of carbonyl (C=O) groups excluding carboxylic acids is 1. The van der Waals surface area contributed by atoms with Crippen molar-refractivity contribution in [3.05, 3.63) is 74.1 Å².